The van der Waals surface area contributed by atoms with Gasteiger partial charge in [0.1, 0.15) is 0 Å². The minimum atomic E-state index is -0.558. The molecule has 0 saturated carbocycles. The molecular formula is C19H20N2O5. The van der Waals surface area contributed by atoms with Gasteiger partial charge in [0.15, 0.2) is 11.5 Å². The van der Waals surface area contributed by atoms with Crippen molar-refractivity contribution in [2.75, 3.05) is 18.7 Å². The molecule has 0 bridgehead atoms. The number of hydrogen-bond donors (Lipinski definition) is 2. The van der Waals surface area contributed by atoms with Crippen molar-refractivity contribution in [1.82, 2.24) is 5.32 Å². The maximum absolute atomic E-state index is 12.5. The Morgan fingerprint density at radius 3 is 2.65 bits per heavy atom. The summed E-state index contributed by atoms with van der Waals surface area (Å²) in [5.41, 5.74) is 1.42. The molecule has 1 heterocycles. The zero-order valence-electron chi connectivity index (χ0n) is 14.4. The van der Waals surface area contributed by atoms with Crippen molar-refractivity contribution in [3.8, 4) is 11.5 Å². The molecule has 7 nitrogen and oxygen atoms in total. The van der Waals surface area contributed by atoms with Crippen LogP contribution in [0, 0.1) is 0 Å². The van der Waals surface area contributed by atoms with Crippen molar-refractivity contribution in [3.63, 3.8) is 0 Å². The van der Waals surface area contributed by atoms with Gasteiger partial charge in [-0.2, -0.15) is 0 Å². The molecule has 0 aromatic heterocycles. The Bertz CT molecular complexity index is 779. The summed E-state index contributed by atoms with van der Waals surface area (Å²) in [6.07, 6.45) is -0.491. The quantitative estimate of drug-likeness (QED) is 0.830. The van der Waals surface area contributed by atoms with Crippen molar-refractivity contribution in [1.29, 1.82) is 0 Å². The van der Waals surface area contributed by atoms with Crippen LogP contribution in [0.5, 0.6) is 11.5 Å². The minimum Gasteiger partial charge on any atom is -0.454 e. The molecule has 2 N–H and O–H groups in total. The molecule has 0 radical (unpaired) electrons. The van der Waals surface area contributed by atoms with Crippen LogP contribution in [0.25, 0.3) is 0 Å². The van der Waals surface area contributed by atoms with E-state index in [4.69, 9.17) is 14.2 Å². The molecule has 3 rings (SSSR count). The van der Waals surface area contributed by atoms with E-state index in [-0.39, 0.29) is 25.7 Å². The van der Waals surface area contributed by atoms with Gasteiger partial charge in [-0.1, -0.05) is 30.3 Å². The third kappa shape index (κ3) is 4.44. The van der Waals surface area contributed by atoms with Gasteiger partial charge in [-0.3, -0.25) is 4.79 Å². The number of benzene rings is 2. The van der Waals surface area contributed by atoms with Gasteiger partial charge in [0.2, 0.25) is 12.7 Å². The average Bonchev–Trinajstić information content (AvgIpc) is 3.10. The zero-order valence-corrected chi connectivity index (χ0v) is 14.4. The summed E-state index contributed by atoms with van der Waals surface area (Å²) in [6.45, 7) is 2.16. The number of carbonyl (C=O) groups is 2. The number of hydrogen-bond acceptors (Lipinski definition) is 5. The first-order valence-corrected chi connectivity index (χ1v) is 8.33. The van der Waals surface area contributed by atoms with E-state index in [0.29, 0.717) is 17.2 Å². The van der Waals surface area contributed by atoms with E-state index >= 15 is 0 Å². The Balaban J connectivity index is 1.67. The molecule has 2 amide bonds. The first kappa shape index (κ1) is 17.6. The van der Waals surface area contributed by atoms with Crippen LogP contribution in [-0.4, -0.2) is 25.4 Å². The number of rotatable bonds is 6. The molecule has 0 spiro atoms. The van der Waals surface area contributed by atoms with Gasteiger partial charge in [0, 0.05) is 11.8 Å². The second kappa shape index (κ2) is 8.24. The van der Waals surface area contributed by atoms with E-state index in [1.165, 1.54) is 0 Å². The Morgan fingerprint density at radius 1 is 1.12 bits per heavy atom. The smallest absolute Gasteiger partial charge is 0.407 e. The minimum absolute atomic E-state index is 0.0667. The van der Waals surface area contributed by atoms with Crippen molar-refractivity contribution >= 4 is 17.7 Å². The summed E-state index contributed by atoms with van der Waals surface area (Å²) in [6, 6.07) is 14.0. The first-order chi connectivity index (χ1) is 12.7. The molecule has 7 heteroatoms. The predicted octanol–water partition coefficient (Wildman–Crippen LogP) is 3.23. The third-order valence-electron chi connectivity index (χ3n) is 3.82. The van der Waals surface area contributed by atoms with Gasteiger partial charge in [-0.25, -0.2) is 4.79 Å². The van der Waals surface area contributed by atoms with E-state index in [1.807, 2.05) is 30.3 Å². The fourth-order valence-electron chi connectivity index (χ4n) is 2.62. The summed E-state index contributed by atoms with van der Waals surface area (Å²) in [5, 5.41) is 5.54. The second-order valence-corrected chi connectivity index (χ2v) is 5.65. The highest BCUT2D eigenvalue weighted by molar-refractivity contribution is 5.92. The number of alkyl carbamates (subject to hydrolysis) is 1. The number of fused-ring (bicyclic) bond motifs is 1. The maximum atomic E-state index is 12.5. The highest BCUT2D eigenvalue weighted by Gasteiger charge is 2.20. The number of carbonyl (C=O) groups excluding carboxylic acids is 2. The maximum Gasteiger partial charge on any atom is 0.407 e. The number of amides is 2. The normalized spacial score (nSPS) is 13.0. The molecule has 1 unspecified atom stereocenters. The number of ether oxygens (including phenoxy) is 3. The molecule has 2 aromatic rings. The van der Waals surface area contributed by atoms with Gasteiger partial charge in [0.05, 0.1) is 19.1 Å². The predicted molar refractivity (Wildman–Crippen MR) is 95.2 cm³/mol. The molecule has 2 aromatic carbocycles. The van der Waals surface area contributed by atoms with E-state index in [1.54, 1.807) is 25.1 Å². The Labute approximate surface area is 151 Å². The van der Waals surface area contributed by atoms with E-state index in [9.17, 15) is 9.59 Å². The van der Waals surface area contributed by atoms with Crippen molar-refractivity contribution < 1.29 is 23.8 Å². The number of anilines is 1. The van der Waals surface area contributed by atoms with Crippen molar-refractivity contribution in [3.05, 3.63) is 54.1 Å². The lowest BCUT2D eigenvalue weighted by molar-refractivity contribution is -0.116. The summed E-state index contributed by atoms with van der Waals surface area (Å²) < 4.78 is 15.5. The third-order valence-corrected chi connectivity index (χ3v) is 3.82. The lowest BCUT2D eigenvalue weighted by Gasteiger charge is -2.18. The van der Waals surface area contributed by atoms with E-state index < -0.39 is 12.1 Å². The van der Waals surface area contributed by atoms with Crippen molar-refractivity contribution in [2.45, 2.75) is 19.4 Å². The van der Waals surface area contributed by atoms with Gasteiger partial charge >= 0.3 is 6.09 Å². The monoisotopic (exact) mass is 356 g/mol. The average molecular weight is 356 g/mol. The summed E-state index contributed by atoms with van der Waals surface area (Å²) >= 11 is 0. The fraction of sp³-hybridized carbons (Fsp3) is 0.263. The molecule has 1 atom stereocenters. The van der Waals surface area contributed by atoms with Crippen LogP contribution >= 0.6 is 0 Å². The van der Waals surface area contributed by atoms with Crippen LogP contribution in [0.1, 0.15) is 24.9 Å². The molecule has 0 fully saturated rings. The highest BCUT2D eigenvalue weighted by Crippen LogP contribution is 2.34. The largest absolute Gasteiger partial charge is 0.454 e. The standard InChI is InChI=1S/C19H20N2O5/c1-2-24-19(23)21-15(13-6-4-3-5-7-13)11-18(22)20-14-8-9-16-17(10-14)26-12-25-16/h3-10,15H,2,11-12H2,1H3,(H,20,22)(H,21,23). The summed E-state index contributed by atoms with van der Waals surface area (Å²) in [5.74, 6) is 0.996. The Hall–Kier alpha value is -3.22. The molecule has 1 aliphatic heterocycles. The molecule has 0 aliphatic carbocycles. The topological polar surface area (TPSA) is 85.9 Å². The van der Waals surface area contributed by atoms with Gasteiger partial charge in [0.25, 0.3) is 0 Å². The van der Waals surface area contributed by atoms with E-state index in [2.05, 4.69) is 10.6 Å². The molecule has 1 aliphatic rings. The number of nitrogens with one attached hydrogen (secondary N) is 2. The van der Waals surface area contributed by atoms with Crippen LogP contribution in [-0.2, 0) is 9.53 Å². The van der Waals surface area contributed by atoms with Crippen LogP contribution < -0.4 is 20.1 Å². The van der Waals surface area contributed by atoms with E-state index in [0.717, 1.165) is 5.56 Å². The SMILES string of the molecule is CCOC(=O)NC(CC(=O)Nc1ccc2c(c1)OCO2)c1ccccc1. The second-order valence-electron chi connectivity index (χ2n) is 5.65. The highest BCUT2D eigenvalue weighted by atomic mass is 16.7. The van der Waals surface area contributed by atoms with Crippen LogP contribution in [0.3, 0.4) is 0 Å². The fourth-order valence-corrected chi connectivity index (χ4v) is 2.62. The first-order valence-electron chi connectivity index (χ1n) is 8.33. The molecule has 0 saturated heterocycles. The molecule has 26 heavy (non-hydrogen) atoms. The lowest BCUT2D eigenvalue weighted by atomic mass is 10.0. The Kier molecular flexibility index (Phi) is 5.58. The zero-order chi connectivity index (χ0) is 18.4. The van der Waals surface area contributed by atoms with Crippen LogP contribution in [0.15, 0.2) is 48.5 Å². The Morgan fingerprint density at radius 2 is 1.88 bits per heavy atom. The summed E-state index contributed by atoms with van der Waals surface area (Å²) in [7, 11) is 0. The summed E-state index contributed by atoms with van der Waals surface area (Å²) in [4.78, 5) is 24.3. The van der Waals surface area contributed by atoms with Gasteiger partial charge in [-0.05, 0) is 24.6 Å². The van der Waals surface area contributed by atoms with Crippen LogP contribution in [0.2, 0.25) is 0 Å². The lowest BCUT2D eigenvalue weighted by Crippen LogP contribution is -2.32. The molecule has 136 valence electrons. The van der Waals surface area contributed by atoms with Gasteiger partial charge in [-0.15, -0.1) is 0 Å². The van der Waals surface area contributed by atoms with Crippen LogP contribution in [0.4, 0.5) is 10.5 Å². The molecular weight excluding hydrogens is 336 g/mol. The van der Waals surface area contributed by atoms with Crippen molar-refractivity contribution in [2.24, 2.45) is 0 Å². The van der Waals surface area contributed by atoms with Gasteiger partial charge < -0.3 is 24.8 Å².